The Labute approximate surface area is 227 Å². The van der Waals surface area contributed by atoms with Gasteiger partial charge in [-0.05, 0) is 57.0 Å². The van der Waals surface area contributed by atoms with E-state index in [1.807, 2.05) is 0 Å². The summed E-state index contributed by atoms with van der Waals surface area (Å²) in [5.41, 5.74) is 7.92. The monoisotopic (exact) mass is 501 g/mol. The average molecular weight is 502 g/mol. The van der Waals surface area contributed by atoms with Crippen LogP contribution in [0.4, 0.5) is 0 Å². The Morgan fingerprint density at radius 1 is 0.676 bits per heavy atom. The highest BCUT2D eigenvalue weighted by Crippen LogP contribution is 2.20. The second-order valence-corrected chi connectivity index (χ2v) is 11.3. The quantitative estimate of drug-likeness (QED) is 0.128. The standard InChI is InChI=1S/C35H53N2/c1-6-7-8-9-10-11-12-13-14-15-16-17-18-19-26-37-30(3)28-32(31(37)4)21-23-34-24-22-33-27-29(2)20-25-35(33)36(34)5/h20-25,27-28H,6-19,26H2,1-5H3/q+1. The van der Waals surface area contributed by atoms with Crippen molar-refractivity contribution in [3.05, 3.63) is 64.6 Å². The van der Waals surface area contributed by atoms with E-state index < -0.39 is 0 Å². The van der Waals surface area contributed by atoms with Crippen molar-refractivity contribution in [1.82, 2.24) is 4.57 Å². The van der Waals surface area contributed by atoms with Gasteiger partial charge < -0.3 is 4.57 Å². The number of benzene rings is 1. The van der Waals surface area contributed by atoms with Crippen molar-refractivity contribution in [2.45, 2.75) is 124 Å². The average Bonchev–Trinajstić information content (AvgIpc) is 3.16. The van der Waals surface area contributed by atoms with Gasteiger partial charge in [-0.3, -0.25) is 0 Å². The number of fused-ring (bicyclic) bond motifs is 1. The smallest absolute Gasteiger partial charge is 0.212 e. The van der Waals surface area contributed by atoms with Crippen LogP contribution in [0.15, 0.2) is 36.4 Å². The number of hydrogen-bond donors (Lipinski definition) is 0. The van der Waals surface area contributed by atoms with Gasteiger partial charge in [-0.2, -0.15) is 4.57 Å². The van der Waals surface area contributed by atoms with Crippen LogP contribution in [0.5, 0.6) is 0 Å². The molecule has 0 saturated heterocycles. The lowest BCUT2D eigenvalue weighted by Gasteiger charge is -2.09. The third-order valence-corrected chi connectivity index (χ3v) is 8.15. The predicted octanol–water partition coefficient (Wildman–Crippen LogP) is 10.0. The highest BCUT2D eigenvalue weighted by molar-refractivity contribution is 5.78. The molecule has 0 amide bonds. The van der Waals surface area contributed by atoms with Gasteiger partial charge in [-0.1, -0.05) is 102 Å². The van der Waals surface area contributed by atoms with Crippen molar-refractivity contribution < 1.29 is 4.57 Å². The van der Waals surface area contributed by atoms with E-state index in [1.54, 1.807) is 0 Å². The summed E-state index contributed by atoms with van der Waals surface area (Å²) in [6.07, 6.45) is 24.4. The van der Waals surface area contributed by atoms with Crippen LogP contribution in [0.3, 0.4) is 0 Å². The van der Waals surface area contributed by atoms with Crippen molar-refractivity contribution in [3.8, 4) is 0 Å². The molecule has 3 aromatic rings. The van der Waals surface area contributed by atoms with Crippen LogP contribution in [-0.2, 0) is 13.6 Å². The van der Waals surface area contributed by atoms with Crippen molar-refractivity contribution in [1.29, 1.82) is 0 Å². The molecule has 0 bridgehead atoms. The molecule has 0 saturated carbocycles. The number of rotatable bonds is 17. The van der Waals surface area contributed by atoms with E-state index >= 15 is 0 Å². The number of nitrogens with zero attached hydrogens (tertiary/aromatic N) is 2. The zero-order valence-electron chi connectivity index (χ0n) is 24.6. The zero-order valence-corrected chi connectivity index (χ0v) is 24.6. The van der Waals surface area contributed by atoms with Gasteiger partial charge in [-0.15, -0.1) is 0 Å². The van der Waals surface area contributed by atoms with E-state index in [-0.39, 0.29) is 0 Å². The molecule has 0 atom stereocenters. The van der Waals surface area contributed by atoms with Gasteiger partial charge >= 0.3 is 0 Å². The SMILES string of the molecule is CCCCCCCCCCCCCCCCn1c(C)cc(/C=C/c2ccc3cc(C)ccc3[n+]2C)c1C. The lowest BCUT2D eigenvalue weighted by molar-refractivity contribution is -0.646. The summed E-state index contributed by atoms with van der Waals surface area (Å²) in [4.78, 5) is 0. The van der Waals surface area contributed by atoms with Gasteiger partial charge in [0.05, 0.1) is 0 Å². The Kier molecular flexibility index (Phi) is 12.5. The molecule has 0 aliphatic heterocycles. The summed E-state index contributed by atoms with van der Waals surface area (Å²) in [6.45, 7) is 10.1. The Bertz CT molecular complexity index is 1120. The molecule has 202 valence electrons. The summed E-state index contributed by atoms with van der Waals surface area (Å²) < 4.78 is 4.81. The summed E-state index contributed by atoms with van der Waals surface area (Å²) in [5, 5.41) is 1.30. The Morgan fingerprint density at radius 3 is 1.89 bits per heavy atom. The first-order valence-corrected chi connectivity index (χ1v) is 15.3. The summed E-state index contributed by atoms with van der Waals surface area (Å²) in [6, 6.07) is 13.5. The van der Waals surface area contributed by atoms with Gasteiger partial charge in [0, 0.05) is 41.5 Å². The Hall–Kier alpha value is -2.35. The van der Waals surface area contributed by atoms with E-state index in [0.717, 1.165) is 6.54 Å². The summed E-state index contributed by atoms with van der Waals surface area (Å²) in [5.74, 6) is 0. The minimum atomic E-state index is 1.15. The third-order valence-electron chi connectivity index (χ3n) is 8.15. The Balaban J connectivity index is 1.37. The first-order valence-electron chi connectivity index (χ1n) is 15.3. The predicted molar refractivity (Wildman–Crippen MR) is 163 cm³/mol. The second kappa shape index (κ2) is 15.8. The van der Waals surface area contributed by atoms with Crippen LogP contribution in [0, 0.1) is 20.8 Å². The lowest BCUT2D eigenvalue weighted by atomic mass is 10.0. The van der Waals surface area contributed by atoms with Crippen molar-refractivity contribution >= 4 is 23.1 Å². The molecule has 0 N–H and O–H groups in total. The highest BCUT2D eigenvalue weighted by atomic mass is 15.0. The molecule has 37 heavy (non-hydrogen) atoms. The first-order chi connectivity index (χ1) is 18.0. The molecule has 2 aromatic heterocycles. The van der Waals surface area contributed by atoms with Gasteiger partial charge in [0.1, 0.15) is 7.05 Å². The number of aryl methyl sites for hydroxylation is 3. The highest BCUT2D eigenvalue weighted by Gasteiger charge is 2.11. The van der Waals surface area contributed by atoms with Crippen LogP contribution in [0.1, 0.15) is 125 Å². The number of pyridine rings is 1. The molecule has 2 heteroatoms. The molecular formula is C35H53N2+. The largest absolute Gasteiger partial charge is 0.349 e. The molecule has 3 rings (SSSR count). The number of unbranched alkanes of at least 4 members (excludes halogenated alkanes) is 13. The van der Waals surface area contributed by atoms with E-state index in [2.05, 4.69) is 92.4 Å². The van der Waals surface area contributed by atoms with Crippen LogP contribution in [0.25, 0.3) is 23.1 Å². The second-order valence-electron chi connectivity index (χ2n) is 11.3. The molecule has 0 aliphatic rings. The minimum absolute atomic E-state index is 1.15. The molecule has 0 radical (unpaired) electrons. The van der Waals surface area contributed by atoms with Crippen molar-refractivity contribution in [2.75, 3.05) is 0 Å². The fourth-order valence-corrected chi connectivity index (χ4v) is 5.69. The van der Waals surface area contributed by atoms with Crippen molar-refractivity contribution in [2.24, 2.45) is 7.05 Å². The molecule has 0 unspecified atom stereocenters. The Morgan fingerprint density at radius 2 is 1.27 bits per heavy atom. The molecular weight excluding hydrogens is 448 g/mol. The molecule has 0 fully saturated rings. The molecule has 2 heterocycles. The van der Waals surface area contributed by atoms with Crippen LogP contribution >= 0.6 is 0 Å². The van der Waals surface area contributed by atoms with Gasteiger partial charge in [-0.25, -0.2) is 0 Å². The first kappa shape index (κ1) is 29.2. The maximum atomic E-state index is 2.52. The zero-order chi connectivity index (χ0) is 26.5. The van der Waals surface area contributed by atoms with E-state index in [4.69, 9.17) is 0 Å². The summed E-state index contributed by atoms with van der Waals surface area (Å²) in [7, 11) is 2.16. The van der Waals surface area contributed by atoms with E-state index in [0.29, 0.717) is 0 Å². The van der Waals surface area contributed by atoms with Crippen molar-refractivity contribution in [3.63, 3.8) is 0 Å². The maximum Gasteiger partial charge on any atom is 0.212 e. The molecule has 0 spiro atoms. The van der Waals surface area contributed by atoms with Crippen LogP contribution < -0.4 is 4.57 Å². The van der Waals surface area contributed by atoms with Gasteiger partial charge in [0.25, 0.3) is 0 Å². The third kappa shape index (κ3) is 9.16. The molecule has 0 aliphatic carbocycles. The topological polar surface area (TPSA) is 8.81 Å². The van der Waals surface area contributed by atoms with Gasteiger partial charge in [0.15, 0.2) is 0 Å². The summed E-state index contributed by atoms with van der Waals surface area (Å²) >= 11 is 0. The number of hydrogen-bond acceptors (Lipinski definition) is 0. The maximum absolute atomic E-state index is 2.52. The van der Waals surface area contributed by atoms with Gasteiger partial charge in [0.2, 0.25) is 11.2 Å². The van der Waals surface area contributed by atoms with Crippen LogP contribution in [-0.4, -0.2) is 4.57 Å². The lowest BCUT2D eigenvalue weighted by Crippen LogP contribution is -2.32. The normalized spacial score (nSPS) is 11.8. The molecule has 2 nitrogen and oxygen atoms in total. The fraction of sp³-hybridized carbons (Fsp3) is 0.571. The van der Waals surface area contributed by atoms with E-state index in [9.17, 15) is 0 Å². The molecule has 1 aromatic carbocycles. The van der Waals surface area contributed by atoms with Crippen LogP contribution in [0.2, 0.25) is 0 Å². The number of aromatic nitrogens is 2. The minimum Gasteiger partial charge on any atom is -0.349 e. The fourth-order valence-electron chi connectivity index (χ4n) is 5.69. The van der Waals surface area contributed by atoms with E-state index in [1.165, 1.54) is 129 Å².